The zero-order chi connectivity index (χ0) is 21.8. The van der Waals surface area contributed by atoms with E-state index in [1.165, 1.54) is 5.56 Å². The second kappa shape index (κ2) is 8.75. The molecule has 156 valence electrons. The molecule has 0 aliphatic rings. The van der Waals surface area contributed by atoms with Crippen LogP contribution in [-0.4, -0.2) is 25.1 Å². The Hall–Kier alpha value is -4.06. The summed E-state index contributed by atoms with van der Waals surface area (Å²) >= 11 is 0. The minimum absolute atomic E-state index is 0.280. The Bertz CT molecular complexity index is 1210. The summed E-state index contributed by atoms with van der Waals surface area (Å²) in [4.78, 5) is 17.4. The molecule has 4 rings (SSSR count). The lowest BCUT2D eigenvalue weighted by molar-refractivity contribution is 0.102. The van der Waals surface area contributed by atoms with Gasteiger partial charge in [0.15, 0.2) is 17.3 Å². The number of nitrogens with zero attached hydrogens (tertiary/aromatic N) is 1. The van der Waals surface area contributed by atoms with Gasteiger partial charge in [-0.2, -0.15) is 0 Å². The number of amides is 1. The molecule has 4 aromatic rings. The largest absolute Gasteiger partial charge is 0.493 e. The van der Waals surface area contributed by atoms with Crippen molar-refractivity contribution < 1.29 is 18.7 Å². The van der Waals surface area contributed by atoms with Crippen molar-refractivity contribution in [2.24, 2.45) is 0 Å². The van der Waals surface area contributed by atoms with Crippen molar-refractivity contribution in [3.63, 3.8) is 0 Å². The van der Waals surface area contributed by atoms with Crippen molar-refractivity contribution in [3.8, 4) is 34.3 Å². The quantitative estimate of drug-likeness (QED) is 0.445. The minimum atomic E-state index is -0.280. The third-order valence-corrected chi connectivity index (χ3v) is 4.89. The molecule has 3 aromatic carbocycles. The maximum absolute atomic E-state index is 13.0. The topological polar surface area (TPSA) is 73.6 Å². The fourth-order valence-electron chi connectivity index (χ4n) is 3.23. The van der Waals surface area contributed by atoms with Crippen molar-refractivity contribution in [2.75, 3.05) is 19.5 Å². The van der Waals surface area contributed by atoms with Gasteiger partial charge in [0.1, 0.15) is 0 Å². The Morgan fingerprint density at radius 1 is 0.935 bits per heavy atom. The van der Waals surface area contributed by atoms with Crippen LogP contribution < -0.4 is 14.8 Å². The van der Waals surface area contributed by atoms with Crippen LogP contribution in [-0.2, 0) is 0 Å². The lowest BCUT2D eigenvalue weighted by Gasteiger charge is -2.11. The van der Waals surface area contributed by atoms with Gasteiger partial charge in [-0.3, -0.25) is 4.79 Å². The maximum Gasteiger partial charge on any atom is 0.256 e. The molecule has 31 heavy (non-hydrogen) atoms. The fourth-order valence-corrected chi connectivity index (χ4v) is 3.23. The second-order valence-corrected chi connectivity index (χ2v) is 6.97. The number of rotatable bonds is 6. The number of carbonyl (C=O) groups is 1. The molecular weight excluding hydrogens is 392 g/mol. The number of anilines is 1. The van der Waals surface area contributed by atoms with Crippen LogP contribution in [0.5, 0.6) is 11.5 Å². The van der Waals surface area contributed by atoms with Gasteiger partial charge in [0.2, 0.25) is 5.89 Å². The number of aromatic nitrogens is 1. The van der Waals surface area contributed by atoms with Crippen LogP contribution in [0.25, 0.3) is 22.8 Å². The van der Waals surface area contributed by atoms with E-state index in [2.05, 4.69) is 10.3 Å². The number of benzene rings is 3. The van der Waals surface area contributed by atoms with Crippen LogP contribution in [0.2, 0.25) is 0 Å². The Kier molecular flexibility index (Phi) is 5.71. The monoisotopic (exact) mass is 414 g/mol. The van der Waals surface area contributed by atoms with Crippen molar-refractivity contribution in [1.82, 2.24) is 4.98 Å². The van der Waals surface area contributed by atoms with Crippen LogP contribution in [0.1, 0.15) is 15.9 Å². The lowest BCUT2D eigenvalue weighted by Crippen LogP contribution is -2.13. The van der Waals surface area contributed by atoms with Gasteiger partial charge in [-0.15, -0.1) is 0 Å². The number of carbonyl (C=O) groups excluding carboxylic acids is 1. The van der Waals surface area contributed by atoms with E-state index in [0.717, 1.165) is 5.56 Å². The molecule has 0 atom stereocenters. The molecule has 1 aromatic heterocycles. The molecule has 0 unspecified atom stereocenters. The van der Waals surface area contributed by atoms with E-state index in [1.807, 2.05) is 43.3 Å². The third-order valence-electron chi connectivity index (χ3n) is 4.89. The van der Waals surface area contributed by atoms with Crippen LogP contribution in [0, 0.1) is 6.92 Å². The Morgan fingerprint density at radius 3 is 2.42 bits per heavy atom. The summed E-state index contributed by atoms with van der Waals surface area (Å²) < 4.78 is 16.5. The molecule has 1 amide bonds. The molecular formula is C25H22N2O4. The summed E-state index contributed by atoms with van der Waals surface area (Å²) in [5.74, 6) is 1.87. The molecule has 6 nitrogen and oxygen atoms in total. The molecule has 0 saturated carbocycles. The molecule has 0 saturated heterocycles. The molecule has 0 spiro atoms. The van der Waals surface area contributed by atoms with Crippen LogP contribution >= 0.6 is 0 Å². The van der Waals surface area contributed by atoms with Gasteiger partial charge in [-0.1, -0.05) is 42.0 Å². The predicted octanol–water partition coefficient (Wildman–Crippen LogP) is 5.59. The summed E-state index contributed by atoms with van der Waals surface area (Å²) in [6.45, 7) is 2.03. The number of hydrogen-bond acceptors (Lipinski definition) is 5. The highest BCUT2D eigenvalue weighted by atomic mass is 16.5. The molecule has 0 fully saturated rings. The molecule has 0 aliphatic carbocycles. The highest BCUT2D eigenvalue weighted by Gasteiger charge is 2.18. The average molecular weight is 414 g/mol. The number of hydrogen-bond donors (Lipinski definition) is 1. The van der Waals surface area contributed by atoms with Gasteiger partial charge in [-0.25, -0.2) is 4.98 Å². The Balaban J connectivity index is 1.62. The van der Waals surface area contributed by atoms with Gasteiger partial charge in [0.25, 0.3) is 5.91 Å². The number of oxazole rings is 1. The van der Waals surface area contributed by atoms with E-state index < -0.39 is 0 Å². The summed E-state index contributed by atoms with van der Waals surface area (Å²) in [5.41, 5.74) is 3.75. The van der Waals surface area contributed by atoms with Crippen LogP contribution in [0.4, 0.5) is 5.69 Å². The zero-order valence-corrected chi connectivity index (χ0v) is 17.5. The first-order valence-corrected chi connectivity index (χ1v) is 9.74. The molecule has 0 bridgehead atoms. The first-order chi connectivity index (χ1) is 15.1. The molecule has 0 aliphatic heterocycles. The summed E-state index contributed by atoms with van der Waals surface area (Å²) in [6, 6.07) is 20.4. The van der Waals surface area contributed by atoms with Crippen molar-refractivity contribution in [3.05, 3.63) is 84.1 Å². The van der Waals surface area contributed by atoms with Crippen molar-refractivity contribution in [1.29, 1.82) is 0 Å². The van der Waals surface area contributed by atoms with Gasteiger partial charge in [-0.05, 0) is 31.2 Å². The van der Waals surface area contributed by atoms with Crippen LogP contribution in [0.3, 0.4) is 0 Å². The predicted molar refractivity (Wildman–Crippen MR) is 120 cm³/mol. The van der Waals surface area contributed by atoms with Gasteiger partial charge >= 0.3 is 0 Å². The minimum Gasteiger partial charge on any atom is -0.493 e. The standard InChI is InChI=1S/C25H22N2O4/c1-16-8-10-17(11-9-16)23-15-26-25(31-23)20-7-5-4-6-19(20)24(28)27-18-12-13-21(29-2)22(14-18)30-3/h4-15H,1-3H3,(H,27,28). The average Bonchev–Trinajstić information content (AvgIpc) is 3.29. The molecule has 1 N–H and O–H groups in total. The highest BCUT2D eigenvalue weighted by molar-refractivity contribution is 6.08. The SMILES string of the molecule is COc1ccc(NC(=O)c2ccccc2-c2ncc(-c3ccc(C)cc3)o2)cc1OC. The third kappa shape index (κ3) is 4.28. The van der Waals surface area contributed by atoms with Gasteiger partial charge < -0.3 is 19.2 Å². The second-order valence-electron chi connectivity index (χ2n) is 6.97. The lowest BCUT2D eigenvalue weighted by atomic mass is 10.1. The van der Waals surface area contributed by atoms with E-state index >= 15 is 0 Å². The first kappa shape index (κ1) is 20.2. The van der Waals surface area contributed by atoms with E-state index in [9.17, 15) is 4.79 Å². The van der Waals surface area contributed by atoms with Gasteiger partial charge in [0.05, 0.1) is 26.0 Å². The molecule has 6 heteroatoms. The highest BCUT2D eigenvalue weighted by Crippen LogP contribution is 2.31. The summed E-state index contributed by atoms with van der Waals surface area (Å²) in [5, 5.41) is 2.90. The fraction of sp³-hybridized carbons (Fsp3) is 0.120. The van der Waals surface area contributed by atoms with E-state index in [4.69, 9.17) is 13.9 Å². The maximum atomic E-state index is 13.0. The summed E-state index contributed by atoms with van der Waals surface area (Å²) in [6.07, 6.45) is 1.67. The normalized spacial score (nSPS) is 10.5. The summed E-state index contributed by atoms with van der Waals surface area (Å²) in [7, 11) is 3.11. The van der Waals surface area contributed by atoms with Crippen molar-refractivity contribution in [2.45, 2.75) is 6.92 Å². The first-order valence-electron chi connectivity index (χ1n) is 9.74. The number of ether oxygens (including phenoxy) is 2. The number of nitrogens with one attached hydrogen (secondary N) is 1. The van der Waals surface area contributed by atoms with Crippen molar-refractivity contribution >= 4 is 11.6 Å². The van der Waals surface area contributed by atoms with E-state index in [-0.39, 0.29) is 5.91 Å². The number of methoxy groups -OCH3 is 2. The molecule has 1 heterocycles. The number of aryl methyl sites for hydroxylation is 1. The Labute approximate surface area is 180 Å². The van der Waals surface area contributed by atoms with Gasteiger partial charge in [0, 0.05) is 22.9 Å². The molecule has 0 radical (unpaired) electrons. The smallest absolute Gasteiger partial charge is 0.256 e. The Morgan fingerprint density at radius 2 is 1.68 bits per heavy atom. The zero-order valence-electron chi connectivity index (χ0n) is 17.5. The van der Waals surface area contributed by atoms with E-state index in [0.29, 0.717) is 40.0 Å². The van der Waals surface area contributed by atoms with Crippen LogP contribution in [0.15, 0.2) is 77.3 Å². The van der Waals surface area contributed by atoms with E-state index in [1.54, 1.807) is 50.7 Å².